The third kappa shape index (κ3) is 4.56. The van der Waals surface area contributed by atoms with Crippen LogP contribution in [0.3, 0.4) is 0 Å². The summed E-state index contributed by atoms with van der Waals surface area (Å²) in [5.41, 5.74) is -2.80. The molecule has 0 aliphatic carbocycles. The highest BCUT2D eigenvalue weighted by molar-refractivity contribution is 6.31. The summed E-state index contributed by atoms with van der Waals surface area (Å²) in [6.07, 6.45) is -5.34. The molecule has 0 spiro atoms. The van der Waals surface area contributed by atoms with Crippen molar-refractivity contribution in [2.24, 2.45) is 0 Å². The number of hydrogen-bond donors (Lipinski definition) is 1. The number of carboxylic acids is 1. The normalized spacial score (nSPS) is 15.4. The van der Waals surface area contributed by atoms with Crippen LogP contribution in [0.2, 0.25) is 5.02 Å². The molecule has 28 heavy (non-hydrogen) atoms. The summed E-state index contributed by atoms with van der Waals surface area (Å²) in [5, 5.41) is 8.62. The average Bonchev–Trinajstić information content (AvgIpc) is 2.60. The van der Waals surface area contributed by atoms with E-state index in [1.54, 1.807) is 0 Å². The fourth-order valence-corrected chi connectivity index (χ4v) is 2.32. The number of aromatic carboxylic acids is 1. The van der Waals surface area contributed by atoms with Crippen LogP contribution in [0.1, 0.15) is 29.7 Å². The van der Waals surface area contributed by atoms with Gasteiger partial charge in [0, 0.05) is 20.3 Å². The summed E-state index contributed by atoms with van der Waals surface area (Å²) in [6, 6.07) is 1.80. The molecule has 2 aromatic carbocycles. The molecule has 0 heterocycles. The molecule has 11 heteroatoms. The Morgan fingerprint density at radius 2 is 1.93 bits per heavy atom. The number of halogens is 6. The van der Waals surface area contributed by atoms with Gasteiger partial charge in [-0.05, 0) is 25.1 Å². The van der Waals surface area contributed by atoms with Gasteiger partial charge in [0.15, 0.2) is 11.5 Å². The smallest absolute Gasteiger partial charge is 0.490 e. The average molecular weight is 433 g/mol. The number of carboxylic acid groups (broad SMARTS) is 1. The number of methoxy groups -OCH3 is 1. The summed E-state index contributed by atoms with van der Waals surface area (Å²) in [6.45, 7) is -4.08. The van der Waals surface area contributed by atoms with E-state index in [0.29, 0.717) is 12.1 Å². The molecule has 0 saturated heterocycles. The maximum absolute atomic E-state index is 14.7. The number of carbonyl (C=O) groups is 1. The van der Waals surface area contributed by atoms with Gasteiger partial charge in [-0.25, -0.2) is 9.18 Å². The van der Waals surface area contributed by atoms with Crippen molar-refractivity contribution >= 4 is 17.6 Å². The first kappa shape index (κ1) is 14.3. The minimum Gasteiger partial charge on any atom is -0.490 e. The fraction of sp³-hybridized carbons (Fsp3) is 0.235. The van der Waals surface area contributed by atoms with Crippen LogP contribution in [0.15, 0.2) is 18.2 Å². The molecule has 0 bridgehead atoms. The number of rotatable bonds is 6. The minimum absolute atomic E-state index is 0.425. The van der Waals surface area contributed by atoms with E-state index in [1.807, 2.05) is 0 Å². The van der Waals surface area contributed by atoms with Crippen molar-refractivity contribution < 1.29 is 54.3 Å². The van der Waals surface area contributed by atoms with Gasteiger partial charge in [0.1, 0.15) is 18.0 Å². The molecule has 0 unspecified atom stereocenters. The largest absolute Gasteiger partial charge is 0.573 e. The lowest BCUT2D eigenvalue weighted by Gasteiger charge is -2.16. The number of alkyl halides is 3. The van der Waals surface area contributed by atoms with E-state index in [4.69, 9.17) is 24.6 Å². The Labute approximate surface area is 168 Å². The first-order valence-corrected chi connectivity index (χ1v) is 7.34. The highest BCUT2D eigenvalue weighted by atomic mass is 35.5. The predicted molar refractivity (Wildman–Crippen MR) is 87.1 cm³/mol. The van der Waals surface area contributed by atoms with Gasteiger partial charge >= 0.3 is 12.3 Å². The maximum Gasteiger partial charge on any atom is 0.573 e. The van der Waals surface area contributed by atoms with E-state index >= 15 is 0 Å². The van der Waals surface area contributed by atoms with Crippen LogP contribution in [0.25, 0.3) is 0 Å². The lowest BCUT2D eigenvalue weighted by atomic mass is 10.0. The summed E-state index contributed by atoms with van der Waals surface area (Å²) in [5.74, 6) is -9.15. The zero-order valence-corrected chi connectivity index (χ0v) is 14.0. The third-order valence-corrected chi connectivity index (χ3v) is 3.55. The second kappa shape index (κ2) is 8.09. The van der Waals surface area contributed by atoms with Crippen molar-refractivity contribution in [3.8, 4) is 17.2 Å². The second-order valence-corrected chi connectivity index (χ2v) is 5.44. The number of hydrogen-bond acceptors (Lipinski definition) is 4. The molecule has 0 fully saturated rings. The van der Waals surface area contributed by atoms with E-state index in [-0.39, 0.29) is 0 Å². The SMILES string of the molecule is [2H]C([2H])([2H])Oc1c(OCc2cc(Cl)c(C([2H])([2H])[2H])c(F)c2C(=O)O)ccc(OC(F)(F)F)c1F. The van der Waals surface area contributed by atoms with Crippen molar-refractivity contribution in [3.63, 3.8) is 0 Å². The Morgan fingerprint density at radius 3 is 2.50 bits per heavy atom. The summed E-state index contributed by atoms with van der Waals surface area (Å²) in [4.78, 5) is 11.5. The third-order valence-electron chi connectivity index (χ3n) is 3.25. The lowest BCUT2D eigenvalue weighted by molar-refractivity contribution is -0.275. The molecule has 0 saturated carbocycles. The molecule has 2 aromatic rings. The molecule has 1 N–H and O–H groups in total. The maximum atomic E-state index is 14.7. The van der Waals surface area contributed by atoms with Crippen LogP contribution < -0.4 is 14.2 Å². The van der Waals surface area contributed by atoms with Crippen LogP contribution in [0.4, 0.5) is 22.0 Å². The molecule has 0 atom stereocenters. The van der Waals surface area contributed by atoms with Gasteiger partial charge in [0.05, 0.1) is 11.2 Å². The summed E-state index contributed by atoms with van der Waals surface area (Å²) < 4.78 is 123. The van der Waals surface area contributed by atoms with E-state index < -0.39 is 83.4 Å². The molecule has 2 rings (SSSR count). The van der Waals surface area contributed by atoms with Gasteiger partial charge in [-0.3, -0.25) is 0 Å². The van der Waals surface area contributed by atoms with Crippen LogP contribution >= 0.6 is 11.6 Å². The van der Waals surface area contributed by atoms with Crippen LogP contribution in [0.5, 0.6) is 17.2 Å². The van der Waals surface area contributed by atoms with Gasteiger partial charge in [-0.15, -0.1) is 13.2 Å². The minimum atomic E-state index is -5.34. The Kier molecular flexibility index (Phi) is 4.13. The monoisotopic (exact) mass is 432 g/mol. The van der Waals surface area contributed by atoms with Crippen LogP contribution in [0, 0.1) is 18.5 Å². The van der Waals surface area contributed by atoms with Gasteiger partial charge in [-0.2, -0.15) is 4.39 Å². The quantitative estimate of drug-likeness (QED) is 0.642. The Morgan fingerprint density at radius 1 is 1.25 bits per heavy atom. The van der Waals surface area contributed by atoms with Crippen LogP contribution in [-0.2, 0) is 6.61 Å². The molecule has 0 aliphatic rings. The molecular weight excluding hydrogens is 415 g/mol. The number of benzene rings is 2. The predicted octanol–water partition coefficient (Wildman–Crippen LogP) is 5.11. The highest BCUT2D eigenvalue weighted by Gasteiger charge is 2.33. The van der Waals surface area contributed by atoms with Gasteiger partial charge < -0.3 is 19.3 Å². The van der Waals surface area contributed by atoms with E-state index in [9.17, 15) is 31.9 Å². The molecular formula is C17H12ClF5O5. The van der Waals surface area contributed by atoms with E-state index in [2.05, 4.69) is 9.47 Å². The molecule has 0 amide bonds. The van der Waals surface area contributed by atoms with Gasteiger partial charge in [0.25, 0.3) is 0 Å². The topological polar surface area (TPSA) is 65.0 Å². The molecule has 0 aliphatic heterocycles. The first-order valence-electron chi connectivity index (χ1n) is 9.96. The Hall–Kier alpha value is -2.75. The van der Waals surface area contributed by atoms with Crippen molar-refractivity contribution in [1.82, 2.24) is 0 Å². The van der Waals surface area contributed by atoms with Crippen molar-refractivity contribution in [1.29, 1.82) is 0 Å². The number of ether oxygens (including phenoxy) is 3. The highest BCUT2D eigenvalue weighted by Crippen LogP contribution is 2.38. The molecule has 0 radical (unpaired) electrons. The van der Waals surface area contributed by atoms with Crippen molar-refractivity contribution in [2.75, 3.05) is 7.04 Å². The molecule has 152 valence electrons. The zero-order valence-electron chi connectivity index (χ0n) is 19.3. The summed E-state index contributed by atoms with van der Waals surface area (Å²) in [7, 11) is -3.36. The zero-order chi connectivity index (χ0) is 26.2. The van der Waals surface area contributed by atoms with Crippen LogP contribution in [-0.4, -0.2) is 24.5 Å². The van der Waals surface area contributed by atoms with E-state index in [0.717, 1.165) is 6.07 Å². The molecule has 0 aromatic heterocycles. The lowest BCUT2D eigenvalue weighted by Crippen LogP contribution is -2.18. The second-order valence-electron chi connectivity index (χ2n) is 5.03. The van der Waals surface area contributed by atoms with E-state index in [1.165, 1.54) is 0 Å². The van der Waals surface area contributed by atoms with Crippen molar-refractivity contribution in [3.05, 3.63) is 51.5 Å². The standard InChI is InChI=1S/C17H12ClF5O5/c1-7-9(18)5-8(12(13(7)19)16(24)25)6-27-11-4-3-10(28-17(21,22)23)14(20)15(11)26-2/h3-5H,6H2,1-2H3,(H,24,25)/i1D3,2D3. The van der Waals surface area contributed by atoms with Crippen molar-refractivity contribution in [2.45, 2.75) is 19.8 Å². The molecule has 5 nitrogen and oxygen atoms in total. The summed E-state index contributed by atoms with van der Waals surface area (Å²) >= 11 is 5.77. The van der Waals surface area contributed by atoms with Gasteiger partial charge in [0.2, 0.25) is 11.6 Å². The fourth-order valence-electron chi connectivity index (χ4n) is 2.10. The first-order chi connectivity index (χ1) is 15.3. The van der Waals surface area contributed by atoms with Gasteiger partial charge in [-0.1, -0.05) is 11.6 Å². The Balaban J connectivity index is 2.54. The Bertz CT molecular complexity index is 1100.